The number of aromatic nitrogens is 3. The Bertz CT molecular complexity index is 2840. The topological polar surface area (TPSA) is 26.0 Å². The molecule has 9 aromatic rings. The van der Waals surface area contributed by atoms with Gasteiger partial charge in [0.2, 0.25) is 0 Å². The zero-order chi connectivity index (χ0) is 33.5. The van der Waals surface area contributed by atoms with Gasteiger partial charge in [-0.15, -0.1) is 0 Å². The molecule has 0 spiro atoms. The maximum absolute atomic E-state index is 5.47. The monoisotopic (exact) mass is 652 g/mol. The largest absolute Gasteiger partial charge is 0.318 e. The molecule has 2 unspecified atom stereocenters. The number of allylic oxidation sites excluding steroid dienone is 2. The number of fused-ring (bicyclic) bond motifs is 10. The molecule has 4 nitrogen and oxygen atoms in total. The predicted octanol–water partition coefficient (Wildman–Crippen LogP) is 11.7. The van der Waals surface area contributed by atoms with Crippen LogP contribution in [0.5, 0.6) is 0 Å². The Morgan fingerprint density at radius 3 is 1.88 bits per heavy atom. The predicted molar refractivity (Wildman–Crippen MR) is 212 cm³/mol. The molecule has 0 radical (unpaired) electrons. The van der Waals surface area contributed by atoms with Crippen LogP contribution < -0.4 is 4.90 Å². The number of benzene rings is 6. The number of para-hydroxylation sites is 4. The maximum atomic E-state index is 5.47. The molecule has 1 aliphatic carbocycles. The van der Waals surface area contributed by atoms with Gasteiger partial charge in [0.05, 0.1) is 39.5 Å². The summed E-state index contributed by atoms with van der Waals surface area (Å²) < 4.78 is 4.78. The summed E-state index contributed by atoms with van der Waals surface area (Å²) in [5.74, 6) is 1.19. The minimum absolute atomic E-state index is 0.126. The lowest BCUT2D eigenvalue weighted by molar-refractivity contribution is 0.739. The van der Waals surface area contributed by atoms with Crippen molar-refractivity contribution in [1.29, 1.82) is 0 Å². The third-order valence-corrected chi connectivity index (χ3v) is 10.8. The number of nitrogens with zero attached hydrogens (tertiary/aromatic N) is 4. The van der Waals surface area contributed by atoms with E-state index in [9.17, 15) is 0 Å². The van der Waals surface area contributed by atoms with Gasteiger partial charge in [0.1, 0.15) is 5.82 Å². The molecule has 0 fully saturated rings. The fourth-order valence-corrected chi connectivity index (χ4v) is 8.71. The molecule has 0 bridgehead atoms. The van der Waals surface area contributed by atoms with Crippen molar-refractivity contribution in [3.8, 4) is 22.6 Å². The average molecular weight is 653 g/mol. The van der Waals surface area contributed by atoms with Gasteiger partial charge >= 0.3 is 0 Å². The lowest BCUT2D eigenvalue weighted by atomic mass is 9.91. The van der Waals surface area contributed by atoms with Crippen molar-refractivity contribution in [3.05, 3.63) is 188 Å². The fraction of sp³-hybridized carbons (Fsp3) is 0.0426. The van der Waals surface area contributed by atoms with Gasteiger partial charge in [-0.2, -0.15) is 0 Å². The second kappa shape index (κ2) is 10.9. The van der Waals surface area contributed by atoms with Gasteiger partial charge in [-0.1, -0.05) is 121 Å². The number of pyridine rings is 1. The van der Waals surface area contributed by atoms with E-state index in [2.05, 4.69) is 196 Å². The normalized spacial score (nSPS) is 16.4. The quantitative estimate of drug-likeness (QED) is 0.189. The molecule has 0 N–H and O–H groups in total. The highest BCUT2D eigenvalue weighted by Gasteiger charge is 2.40. The smallest absolute Gasteiger partial charge is 0.134 e. The fourth-order valence-electron chi connectivity index (χ4n) is 8.71. The van der Waals surface area contributed by atoms with E-state index >= 15 is 0 Å². The summed E-state index contributed by atoms with van der Waals surface area (Å²) in [7, 11) is 0. The second-order valence-corrected chi connectivity index (χ2v) is 13.5. The van der Waals surface area contributed by atoms with E-state index in [-0.39, 0.29) is 12.0 Å². The highest BCUT2D eigenvalue weighted by Crippen LogP contribution is 2.52. The van der Waals surface area contributed by atoms with E-state index in [4.69, 9.17) is 4.98 Å². The molecule has 6 aromatic carbocycles. The van der Waals surface area contributed by atoms with Crippen LogP contribution in [0, 0.1) is 0 Å². The van der Waals surface area contributed by atoms with Crippen LogP contribution in [0.25, 0.3) is 66.2 Å². The van der Waals surface area contributed by atoms with Crippen molar-refractivity contribution in [2.75, 3.05) is 4.90 Å². The summed E-state index contributed by atoms with van der Waals surface area (Å²) in [4.78, 5) is 7.96. The Hall–Kier alpha value is -6.65. The van der Waals surface area contributed by atoms with Crippen LogP contribution in [0.4, 0.5) is 11.5 Å². The summed E-state index contributed by atoms with van der Waals surface area (Å²) >= 11 is 0. The molecule has 0 amide bonds. The van der Waals surface area contributed by atoms with Gasteiger partial charge in [-0.25, -0.2) is 4.98 Å². The first kappa shape index (κ1) is 28.2. The summed E-state index contributed by atoms with van der Waals surface area (Å²) in [6.07, 6.45) is 9.06. The minimum atomic E-state index is 0.126. The lowest BCUT2D eigenvalue weighted by Gasteiger charge is -2.28. The van der Waals surface area contributed by atoms with E-state index in [0.717, 1.165) is 28.5 Å². The molecular formula is C47H32N4. The molecule has 2 atom stereocenters. The Balaban J connectivity index is 1.10. The Morgan fingerprint density at radius 2 is 1.10 bits per heavy atom. The maximum Gasteiger partial charge on any atom is 0.134 e. The first-order chi connectivity index (χ1) is 25.3. The lowest BCUT2D eigenvalue weighted by Crippen LogP contribution is -2.29. The van der Waals surface area contributed by atoms with Crippen LogP contribution in [0.2, 0.25) is 0 Å². The van der Waals surface area contributed by atoms with Crippen LogP contribution in [-0.4, -0.2) is 20.2 Å². The SMILES string of the molecule is C1=CC2c3ccc4c(c3N(c3cccc(-c5cccc(-n6c7ccccc7c7ccccc76)c5)n3)C2C=C1)c1ccccc1n4-c1ccccc1. The highest BCUT2D eigenvalue weighted by molar-refractivity contribution is 6.17. The van der Waals surface area contributed by atoms with Gasteiger partial charge < -0.3 is 14.0 Å². The number of rotatable bonds is 4. The molecule has 11 rings (SSSR count). The molecular weight excluding hydrogens is 621 g/mol. The van der Waals surface area contributed by atoms with Crippen molar-refractivity contribution in [2.45, 2.75) is 12.0 Å². The minimum Gasteiger partial charge on any atom is -0.318 e. The number of hydrogen-bond acceptors (Lipinski definition) is 2. The zero-order valence-electron chi connectivity index (χ0n) is 27.8. The van der Waals surface area contributed by atoms with Crippen LogP contribution in [0.1, 0.15) is 11.5 Å². The third-order valence-electron chi connectivity index (χ3n) is 10.8. The first-order valence-electron chi connectivity index (χ1n) is 17.7. The van der Waals surface area contributed by atoms with E-state index in [1.807, 2.05) is 0 Å². The molecule has 4 heteroatoms. The van der Waals surface area contributed by atoms with E-state index in [0.29, 0.717) is 0 Å². The molecule has 0 saturated heterocycles. The Morgan fingerprint density at radius 1 is 0.471 bits per heavy atom. The van der Waals surface area contributed by atoms with E-state index < -0.39 is 0 Å². The summed E-state index contributed by atoms with van der Waals surface area (Å²) in [5, 5.41) is 5.04. The molecule has 2 aliphatic rings. The van der Waals surface area contributed by atoms with Crippen LogP contribution in [0.15, 0.2) is 182 Å². The molecule has 3 aromatic heterocycles. The second-order valence-electron chi connectivity index (χ2n) is 13.5. The third kappa shape index (κ3) is 4.11. The van der Waals surface area contributed by atoms with Crippen molar-refractivity contribution < 1.29 is 0 Å². The average Bonchev–Trinajstić information content (AvgIpc) is 3.84. The first-order valence-corrected chi connectivity index (χ1v) is 17.7. The Kier molecular flexibility index (Phi) is 6.05. The summed E-state index contributed by atoms with van der Waals surface area (Å²) in [6.45, 7) is 0. The molecule has 0 saturated carbocycles. The summed E-state index contributed by atoms with van der Waals surface area (Å²) in [6, 6.07) is 56.9. The van der Waals surface area contributed by atoms with Crippen LogP contribution >= 0.6 is 0 Å². The molecule has 51 heavy (non-hydrogen) atoms. The van der Waals surface area contributed by atoms with Crippen LogP contribution in [0.3, 0.4) is 0 Å². The van der Waals surface area contributed by atoms with E-state index in [1.165, 1.54) is 54.9 Å². The molecule has 4 heterocycles. The standard InChI is InChI=1S/C47H32N4/c1-2-15-32(16-3-1)49-43-26-11-7-21-38(43)46-44(49)29-28-37-36-20-6-10-25-42(36)51(47(37)46)45-27-13-22-39(48-45)31-14-12-17-33(30-31)50-40-23-8-4-18-34(40)35-19-5-9-24-41(35)50/h1-30,36,42H. The number of anilines is 2. The van der Waals surface area contributed by atoms with Crippen molar-refractivity contribution in [2.24, 2.45) is 0 Å². The summed E-state index contributed by atoms with van der Waals surface area (Å²) in [5.41, 5.74) is 11.7. The zero-order valence-corrected chi connectivity index (χ0v) is 27.8. The Labute approximate surface area is 295 Å². The van der Waals surface area contributed by atoms with Crippen molar-refractivity contribution in [3.63, 3.8) is 0 Å². The van der Waals surface area contributed by atoms with Crippen LogP contribution in [-0.2, 0) is 0 Å². The van der Waals surface area contributed by atoms with Gasteiger partial charge in [0, 0.05) is 44.4 Å². The number of hydrogen-bond donors (Lipinski definition) is 0. The van der Waals surface area contributed by atoms with Gasteiger partial charge in [0.25, 0.3) is 0 Å². The molecule has 240 valence electrons. The van der Waals surface area contributed by atoms with Crippen molar-refractivity contribution in [1.82, 2.24) is 14.1 Å². The highest BCUT2D eigenvalue weighted by atomic mass is 15.2. The molecule has 1 aliphatic heterocycles. The van der Waals surface area contributed by atoms with Gasteiger partial charge in [-0.3, -0.25) is 0 Å². The van der Waals surface area contributed by atoms with Gasteiger partial charge in [-0.05, 0) is 66.2 Å². The van der Waals surface area contributed by atoms with Crippen molar-refractivity contribution >= 4 is 55.1 Å². The van der Waals surface area contributed by atoms with Gasteiger partial charge in [0.15, 0.2) is 0 Å². The van der Waals surface area contributed by atoms with E-state index in [1.54, 1.807) is 0 Å².